The molecule has 0 aromatic heterocycles. The third-order valence-electron chi connectivity index (χ3n) is 2.64. The van der Waals surface area contributed by atoms with Crippen molar-refractivity contribution in [1.29, 1.82) is 0 Å². The van der Waals surface area contributed by atoms with Crippen molar-refractivity contribution < 1.29 is 19.8 Å². The van der Waals surface area contributed by atoms with Gasteiger partial charge in [0.15, 0.2) is 5.78 Å². The van der Waals surface area contributed by atoms with Gasteiger partial charge in [-0.25, -0.2) is 0 Å². The van der Waals surface area contributed by atoms with E-state index in [2.05, 4.69) is 4.99 Å². The van der Waals surface area contributed by atoms with Gasteiger partial charge in [0, 0.05) is 25.1 Å². The molecule has 1 fully saturated rings. The normalized spacial score (nSPS) is 21.7. The van der Waals surface area contributed by atoms with Crippen LogP contribution in [-0.4, -0.2) is 34.2 Å². The fourth-order valence-corrected chi connectivity index (χ4v) is 1.78. The summed E-state index contributed by atoms with van der Waals surface area (Å²) in [5, 5.41) is 18.2. The minimum absolute atomic E-state index is 0.0577. The summed E-state index contributed by atoms with van der Waals surface area (Å²) in [6.07, 6.45) is 2.10. The highest BCUT2D eigenvalue weighted by atomic mass is 16.4. The van der Waals surface area contributed by atoms with Crippen molar-refractivity contribution in [2.24, 2.45) is 4.99 Å². The third kappa shape index (κ3) is 3.69. The number of hydrogen-bond acceptors (Lipinski definition) is 4. The predicted molar refractivity (Wildman–Crippen MR) is 63.4 cm³/mol. The van der Waals surface area contributed by atoms with Crippen molar-refractivity contribution >= 4 is 17.5 Å². The Morgan fingerprint density at radius 3 is 2.65 bits per heavy atom. The smallest absolute Gasteiger partial charge is 0.305 e. The van der Waals surface area contributed by atoms with Gasteiger partial charge in [0.1, 0.15) is 5.76 Å². The first-order chi connectivity index (χ1) is 8.06. The Morgan fingerprint density at radius 1 is 1.35 bits per heavy atom. The lowest BCUT2D eigenvalue weighted by molar-refractivity contribution is -0.136. The second-order valence-corrected chi connectivity index (χ2v) is 3.92. The molecule has 0 spiro atoms. The first kappa shape index (κ1) is 13.4. The van der Waals surface area contributed by atoms with E-state index >= 15 is 0 Å². The molecule has 5 heteroatoms. The molecule has 0 saturated heterocycles. The fraction of sp³-hybridized carbons (Fsp3) is 0.583. The monoisotopic (exact) mass is 239 g/mol. The lowest BCUT2D eigenvalue weighted by Gasteiger charge is -2.17. The summed E-state index contributed by atoms with van der Waals surface area (Å²) in [5.74, 6) is -0.949. The molecule has 0 amide bonds. The van der Waals surface area contributed by atoms with Gasteiger partial charge in [-0.05, 0) is 12.8 Å². The Labute approximate surface area is 99.9 Å². The molecule has 1 aliphatic carbocycles. The van der Waals surface area contributed by atoms with E-state index in [4.69, 9.17) is 5.11 Å². The van der Waals surface area contributed by atoms with Crippen LogP contribution in [0.3, 0.4) is 0 Å². The van der Waals surface area contributed by atoms with E-state index in [-0.39, 0.29) is 24.5 Å². The number of carboxylic acids is 1. The van der Waals surface area contributed by atoms with Gasteiger partial charge < -0.3 is 10.2 Å². The van der Waals surface area contributed by atoms with Crippen molar-refractivity contribution in [2.75, 3.05) is 6.54 Å². The zero-order valence-corrected chi connectivity index (χ0v) is 9.90. The number of aliphatic hydroxyl groups excluding tert-OH is 1. The second-order valence-electron chi connectivity index (χ2n) is 3.92. The number of carboxylic acid groups (broad SMARTS) is 1. The molecule has 0 heterocycles. The minimum Gasteiger partial charge on any atom is -0.512 e. The SMILES string of the molecule is CC/C(O)=C1\C(=O)CCCC1=NCCC(=O)O. The number of allylic oxidation sites excluding steroid dienone is 2. The van der Waals surface area contributed by atoms with Crippen molar-refractivity contribution in [3.8, 4) is 0 Å². The largest absolute Gasteiger partial charge is 0.512 e. The maximum Gasteiger partial charge on any atom is 0.305 e. The molecule has 5 nitrogen and oxygen atoms in total. The molecule has 94 valence electrons. The number of hydrogen-bond donors (Lipinski definition) is 2. The first-order valence-electron chi connectivity index (χ1n) is 5.77. The molecular weight excluding hydrogens is 222 g/mol. The third-order valence-corrected chi connectivity index (χ3v) is 2.64. The van der Waals surface area contributed by atoms with Gasteiger partial charge in [-0.15, -0.1) is 0 Å². The van der Waals surface area contributed by atoms with E-state index in [0.717, 1.165) is 0 Å². The first-order valence-corrected chi connectivity index (χ1v) is 5.77. The molecule has 0 bridgehead atoms. The molecule has 1 saturated carbocycles. The maximum absolute atomic E-state index is 11.7. The molecule has 0 unspecified atom stereocenters. The number of carbonyl (C=O) groups excluding carboxylic acids is 1. The fourth-order valence-electron chi connectivity index (χ4n) is 1.78. The standard InChI is InChI=1S/C12H17NO4/c1-2-9(14)12-8(4-3-5-10(12)15)13-7-6-11(16)17/h14H,2-7H2,1H3,(H,16,17)/b12-9+,13-8?. The average molecular weight is 239 g/mol. The molecule has 0 radical (unpaired) electrons. The van der Waals surface area contributed by atoms with Crippen molar-refractivity contribution in [3.63, 3.8) is 0 Å². The maximum atomic E-state index is 11.7. The number of ketones is 1. The summed E-state index contributed by atoms with van der Waals surface area (Å²) in [7, 11) is 0. The number of aliphatic imine (C=N–C) groups is 1. The van der Waals surface area contributed by atoms with Crippen LogP contribution in [-0.2, 0) is 9.59 Å². The topological polar surface area (TPSA) is 87.0 Å². The number of aliphatic carboxylic acids is 1. The Balaban J connectivity index is 2.87. The Bertz CT molecular complexity index is 382. The zero-order chi connectivity index (χ0) is 12.8. The molecule has 17 heavy (non-hydrogen) atoms. The van der Waals surface area contributed by atoms with Crippen LogP contribution in [0, 0.1) is 0 Å². The van der Waals surface area contributed by atoms with Gasteiger partial charge in [-0.1, -0.05) is 6.92 Å². The zero-order valence-electron chi connectivity index (χ0n) is 9.90. The van der Waals surface area contributed by atoms with Crippen LogP contribution in [0.15, 0.2) is 16.3 Å². The summed E-state index contributed by atoms with van der Waals surface area (Å²) in [4.78, 5) is 26.2. The molecule has 1 aliphatic rings. The van der Waals surface area contributed by atoms with E-state index in [1.165, 1.54) is 0 Å². The van der Waals surface area contributed by atoms with Crippen LogP contribution in [0.2, 0.25) is 0 Å². The summed E-state index contributed by atoms with van der Waals surface area (Å²) >= 11 is 0. The molecule has 0 atom stereocenters. The minimum atomic E-state index is -0.915. The van der Waals surface area contributed by atoms with Crippen LogP contribution in [0.4, 0.5) is 0 Å². The van der Waals surface area contributed by atoms with Crippen molar-refractivity contribution in [1.82, 2.24) is 0 Å². The van der Waals surface area contributed by atoms with E-state index in [0.29, 0.717) is 37.0 Å². The van der Waals surface area contributed by atoms with Gasteiger partial charge >= 0.3 is 5.97 Å². The molecule has 0 aromatic rings. The van der Waals surface area contributed by atoms with Crippen LogP contribution in [0.5, 0.6) is 0 Å². The van der Waals surface area contributed by atoms with Gasteiger partial charge in [0.25, 0.3) is 0 Å². The highest BCUT2D eigenvalue weighted by Crippen LogP contribution is 2.21. The molecule has 0 aromatic carbocycles. The number of Topliss-reactive ketones (excluding diaryl/α,β-unsaturated/α-hetero) is 1. The number of rotatable bonds is 4. The van der Waals surface area contributed by atoms with E-state index in [1.54, 1.807) is 6.92 Å². The summed E-state index contributed by atoms with van der Waals surface area (Å²) in [5.41, 5.74) is 0.867. The Morgan fingerprint density at radius 2 is 2.06 bits per heavy atom. The Kier molecular flexibility index (Phi) is 4.87. The average Bonchev–Trinajstić information content (AvgIpc) is 2.28. The van der Waals surface area contributed by atoms with E-state index in [9.17, 15) is 14.7 Å². The van der Waals surface area contributed by atoms with Crippen molar-refractivity contribution in [2.45, 2.75) is 39.0 Å². The summed E-state index contributed by atoms with van der Waals surface area (Å²) < 4.78 is 0. The summed E-state index contributed by atoms with van der Waals surface area (Å²) in [6.45, 7) is 1.91. The quantitative estimate of drug-likeness (QED) is 0.579. The molecular formula is C12H17NO4. The van der Waals surface area contributed by atoms with Gasteiger partial charge in [-0.2, -0.15) is 0 Å². The van der Waals surface area contributed by atoms with Crippen LogP contribution in [0.25, 0.3) is 0 Å². The lowest BCUT2D eigenvalue weighted by atomic mass is 9.90. The second kappa shape index (κ2) is 6.18. The highest BCUT2D eigenvalue weighted by molar-refractivity contribution is 6.24. The Hall–Kier alpha value is -1.65. The predicted octanol–water partition coefficient (Wildman–Crippen LogP) is 1.88. The van der Waals surface area contributed by atoms with E-state index < -0.39 is 5.97 Å². The van der Waals surface area contributed by atoms with Crippen LogP contribution in [0.1, 0.15) is 39.0 Å². The summed E-state index contributed by atoms with van der Waals surface area (Å²) in [6, 6.07) is 0. The molecule has 2 N–H and O–H groups in total. The molecule has 0 aliphatic heterocycles. The van der Waals surface area contributed by atoms with Gasteiger partial charge in [0.2, 0.25) is 0 Å². The van der Waals surface area contributed by atoms with Crippen molar-refractivity contribution in [3.05, 3.63) is 11.3 Å². The lowest BCUT2D eigenvalue weighted by Crippen LogP contribution is -2.21. The number of nitrogens with zero attached hydrogens (tertiary/aromatic N) is 1. The highest BCUT2D eigenvalue weighted by Gasteiger charge is 2.24. The number of carbonyl (C=O) groups is 2. The molecule has 1 rings (SSSR count). The van der Waals surface area contributed by atoms with Gasteiger partial charge in [-0.3, -0.25) is 14.6 Å². The van der Waals surface area contributed by atoms with Gasteiger partial charge in [0.05, 0.1) is 12.0 Å². The van der Waals surface area contributed by atoms with Crippen LogP contribution < -0.4 is 0 Å². The van der Waals surface area contributed by atoms with E-state index in [1.807, 2.05) is 0 Å². The number of aliphatic hydroxyl groups is 1. The van der Waals surface area contributed by atoms with Crippen LogP contribution >= 0.6 is 0 Å².